The Kier molecular flexibility index (Phi) is 8.93. The predicted octanol–water partition coefficient (Wildman–Crippen LogP) is 6.15. The third kappa shape index (κ3) is 7.47. The van der Waals surface area contributed by atoms with Crippen molar-refractivity contribution in [1.82, 2.24) is 9.88 Å². The fourth-order valence-electron chi connectivity index (χ4n) is 4.76. The molecule has 41 heavy (non-hydrogen) atoms. The first kappa shape index (κ1) is 28.7. The number of β-amino-alcohol motifs (C(OH)–C–C–N with tert-alkyl or cyclic N) is 1. The van der Waals surface area contributed by atoms with Gasteiger partial charge in [0.25, 0.3) is 0 Å². The number of benzene rings is 3. The molecule has 1 aromatic heterocycles. The summed E-state index contributed by atoms with van der Waals surface area (Å²) in [6.45, 7) is 10.3. The quantitative estimate of drug-likeness (QED) is 0.240. The van der Waals surface area contributed by atoms with Crippen molar-refractivity contribution in [3.8, 4) is 23.0 Å². The average Bonchev–Trinajstić information content (AvgIpc) is 2.97. The molecule has 0 saturated carbocycles. The van der Waals surface area contributed by atoms with Crippen LogP contribution in [0.2, 0.25) is 0 Å². The van der Waals surface area contributed by atoms with Gasteiger partial charge in [-0.1, -0.05) is 32.9 Å². The van der Waals surface area contributed by atoms with Crippen molar-refractivity contribution < 1.29 is 24.1 Å². The summed E-state index contributed by atoms with van der Waals surface area (Å²) in [5, 5.41) is 14.7. The van der Waals surface area contributed by atoms with Crippen molar-refractivity contribution in [2.45, 2.75) is 32.3 Å². The molecule has 0 unspecified atom stereocenters. The molecule has 5 rings (SSSR count). The molecule has 0 spiro atoms. The number of methoxy groups -OCH3 is 1. The van der Waals surface area contributed by atoms with Crippen LogP contribution >= 0.6 is 0 Å². The molecule has 1 saturated heterocycles. The van der Waals surface area contributed by atoms with Crippen LogP contribution < -0.4 is 19.5 Å². The van der Waals surface area contributed by atoms with Crippen LogP contribution in [0, 0.1) is 0 Å². The third-order valence-electron chi connectivity index (χ3n) is 7.11. The van der Waals surface area contributed by atoms with Crippen molar-refractivity contribution >= 4 is 22.3 Å². The highest BCUT2D eigenvalue weighted by Crippen LogP contribution is 2.37. The lowest BCUT2D eigenvalue weighted by molar-refractivity contribution is 0.00446. The molecule has 1 fully saturated rings. The lowest BCUT2D eigenvalue weighted by Crippen LogP contribution is -2.42. The molecule has 8 heteroatoms. The Morgan fingerprint density at radius 3 is 2.27 bits per heavy atom. The summed E-state index contributed by atoms with van der Waals surface area (Å²) >= 11 is 0. The second-order valence-corrected chi connectivity index (χ2v) is 11.3. The van der Waals surface area contributed by atoms with Gasteiger partial charge in [0.05, 0.1) is 25.8 Å². The van der Waals surface area contributed by atoms with Gasteiger partial charge in [0.2, 0.25) is 0 Å². The first-order valence-corrected chi connectivity index (χ1v) is 14.0. The minimum Gasteiger partial charge on any atom is -0.493 e. The number of aromatic nitrogens is 1. The minimum absolute atomic E-state index is 0.124. The minimum atomic E-state index is -0.628. The Balaban J connectivity index is 1.25. The number of pyridine rings is 1. The molecule has 3 aromatic carbocycles. The zero-order valence-electron chi connectivity index (χ0n) is 24.2. The summed E-state index contributed by atoms with van der Waals surface area (Å²) in [5.74, 6) is 2.44. The summed E-state index contributed by atoms with van der Waals surface area (Å²) in [5.41, 5.74) is 4.13. The van der Waals surface area contributed by atoms with E-state index in [0.717, 1.165) is 29.9 Å². The summed E-state index contributed by atoms with van der Waals surface area (Å²) < 4.78 is 23.2. The van der Waals surface area contributed by atoms with Crippen molar-refractivity contribution in [2.75, 3.05) is 51.9 Å². The van der Waals surface area contributed by atoms with Gasteiger partial charge in [-0.15, -0.1) is 0 Å². The Bertz CT molecular complexity index is 1430. The molecule has 0 radical (unpaired) electrons. The van der Waals surface area contributed by atoms with Gasteiger partial charge < -0.3 is 29.4 Å². The number of hydrogen-bond acceptors (Lipinski definition) is 8. The summed E-state index contributed by atoms with van der Waals surface area (Å²) in [6.07, 6.45) is 1.08. The lowest BCUT2D eigenvalue weighted by atomic mass is 9.87. The number of ether oxygens (including phenoxy) is 4. The molecule has 8 nitrogen and oxygen atoms in total. The first-order chi connectivity index (χ1) is 19.8. The van der Waals surface area contributed by atoms with Crippen LogP contribution in [0.5, 0.6) is 23.0 Å². The number of hydrogen-bond donors (Lipinski definition) is 2. The third-order valence-corrected chi connectivity index (χ3v) is 7.11. The molecule has 0 aliphatic carbocycles. The Morgan fingerprint density at radius 2 is 1.61 bits per heavy atom. The van der Waals surface area contributed by atoms with E-state index in [-0.39, 0.29) is 12.0 Å². The number of fused-ring (bicyclic) bond motifs is 1. The SMILES string of the molecule is COc1cc2c(Oc3ccc(Nc4ccc(C(C)(C)C)cc4)cc3)ccnc2cc1OC[C@@H](O)CN1CCOCC1. The second kappa shape index (κ2) is 12.8. The Labute approximate surface area is 241 Å². The van der Waals surface area contributed by atoms with Gasteiger partial charge in [0.1, 0.15) is 24.2 Å². The number of nitrogens with zero attached hydrogens (tertiary/aromatic N) is 2. The molecule has 1 atom stereocenters. The standard InChI is InChI=1S/C33H39N3O5/c1-33(2,3)23-5-7-24(8-6-23)35-25-9-11-27(12-10-25)41-30-13-14-34-29-20-32(31(38-4)19-28(29)30)40-22-26(37)21-36-15-17-39-18-16-36/h5-14,19-20,26,35,37H,15-18,21-22H2,1-4H3/t26-/m0/s1. The number of anilines is 2. The van der Waals surface area contributed by atoms with E-state index in [1.165, 1.54) is 5.56 Å². The van der Waals surface area contributed by atoms with Crippen LogP contribution in [0.3, 0.4) is 0 Å². The highest BCUT2D eigenvalue weighted by molar-refractivity contribution is 5.88. The van der Waals surface area contributed by atoms with E-state index in [2.05, 4.69) is 60.2 Å². The van der Waals surface area contributed by atoms with Gasteiger partial charge in [0, 0.05) is 48.7 Å². The second-order valence-electron chi connectivity index (χ2n) is 11.3. The number of aliphatic hydroxyl groups excluding tert-OH is 1. The number of morpholine rings is 1. The van der Waals surface area contributed by atoms with E-state index in [9.17, 15) is 5.11 Å². The Morgan fingerprint density at radius 1 is 0.927 bits per heavy atom. The smallest absolute Gasteiger partial charge is 0.163 e. The maximum atomic E-state index is 10.5. The molecule has 1 aliphatic heterocycles. The summed E-state index contributed by atoms with van der Waals surface area (Å²) in [6, 6.07) is 21.9. The highest BCUT2D eigenvalue weighted by atomic mass is 16.5. The van der Waals surface area contributed by atoms with Crippen LogP contribution in [0.25, 0.3) is 10.9 Å². The molecule has 4 aromatic rings. The molecule has 2 heterocycles. The van der Waals surface area contributed by atoms with Crippen LogP contribution in [0.1, 0.15) is 26.3 Å². The molecule has 2 N–H and O–H groups in total. The van der Waals surface area contributed by atoms with E-state index >= 15 is 0 Å². The fourth-order valence-corrected chi connectivity index (χ4v) is 4.76. The average molecular weight is 558 g/mol. The zero-order chi connectivity index (χ0) is 28.8. The normalized spacial score (nSPS) is 15.0. The summed E-state index contributed by atoms with van der Waals surface area (Å²) in [4.78, 5) is 6.69. The van der Waals surface area contributed by atoms with E-state index in [1.54, 1.807) is 13.3 Å². The highest BCUT2D eigenvalue weighted by Gasteiger charge is 2.18. The van der Waals surface area contributed by atoms with Gasteiger partial charge in [-0.2, -0.15) is 0 Å². The molecule has 216 valence electrons. The molecule has 1 aliphatic rings. The van der Waals surface area contributed by atoms with Gasteiger partial charge in [-0.05, 0) is 59.5 Å². The van der Waals surface area contributed by atoms with Crippen molar-refractivity contribution in [2.24, 2.45) is 0 Å². The topological polar surface area (TPSA) is 85.3 Å². The van der Waals surface area contributed by atoms with Gasteiger partial charge in [0.15, 0.2) is 11.5 Å². The zero-order valence-corrected chi connectivity index (χ0v) is 24.2. The van der Waals surface area contributed by atoms with Crippen molar-refractivity contribution in [3.05, 3.63) is 78.5 Å². The van der Waals surface area contributed by atoms with Gasteiger partial charge in [-0.25, -0.2) is 0 Å². The number of rotatable bonds is 10. The van der Waals surface area contributed by atoms with Crippen LogP contribution in [0.4, 0.5) is 11.4 Å². The monoisotopic (exact) mass is 557 g/mol. The van der Waals surface area contributed by atoms with Gasteiger partial charge in [-0.3, -0.25) is 9.88 Å². The van der Waals surface area contributed by atoms with Crippen LogP contribution in [0.15, 0.2) is 72.9 Å². The lowest BCUT2D eigenvalue weighted by Gasteiger charge is -2.28. The molecular formula is C33H39N3O5. The fraction of sp³-hybridized carbons (Fsp3) is 0.364. The van der Waals surface area contributed by atoms with Crippen molar-refractivity contribution in [1.29, 1.82) is 0 Å². The number of nitrogens with one attached hydrogen (secondary N) is 1. The van der Waals surface area contributed by atoms with Gasteiger partial charge >= 0.3 is 0 Å². The van der Waals surface area contributed by atoms with E-state index in [4.69, 9.17) is 18.9 Å². The van der Waals surface area contributed by atoms with E-state index < -0.39 is 6.10 Å². The number of aliphatic hydroxyl groups is 1. The van der Waals surface area contributed by atoms with Crippen LogP contribution in [-0.4, -0.2) is 67.7 Å². The molecule has 0 bridgehead atoms. The summed E-state index contributed by atoms with van der Waals surface area (Å²) in [7, 11) is 1.59. The van der Waals surface area contributed by atoms with E-state index in [0.29, 0.717) is 48.3 Å². The maximum absolute atomic E-state index is 10.5. The largest absolute Gasteiger partial charge is 0.493 e. The maximum Gasteiger partial charge on any atom is 0.163 e. The Hall–Kier alpha value is -3.85. The van der Waals surface area contributed by atoms with E-state index in [1.807, 2.05) is 42.5 Å². The molecule has 0 amide bonds. The first-order valence-electron chi connectivity index (χ1n) is 14.0. The van der Waals surface area contributed by atoms with Crippen molar-refractivity contribution in [3.63, 3.8) is 0 Å². The predicted molar refractivity (Wildman–Crippen MR) is 162 cm³/mol. The van der Waals surface area contributed by atoms with Crippen LogP contribution in [-0.2, 0) is 10.2 Å². The molecular weight excluding hydrogens is 518 g/mol.